The SMILES string of the molecule is Cc1cnc2c(c1)C1CCCN1c1ccn3ncc(c3n1)C(=O)NCCCO2. The number of nitrogens with one attached hydrogen (secondary N) is 1. The Labute approximate surface area is 162 Å². The molecule has 0 spiro atoms. The van der Waals surface area contributed by atoms with Crippen LogP contribution in [0.1, 0.15) is 46.8 Å². The van der Waals surface area contributed by atoms with Crippen LogP contribution in [0.3, 0.4) is 0 Å². The van der Waals surface area contributed by atoms with Crippen LogP contribution in [0.5, 0.6) is 5.88 Å². The predicted octanol–water partition coefficient (Wildman–Crippen LogP) is 2.29. The molecule has 2 aliphatic rings. The molecule has 3 aromatic rings. The number of carbonyl (C=O) groups excluding carboxylic acids is 1. The summed E-state index contributed by atoms with van der Waals surface area (Å²) < 4.78 is 7.65. The second kappa shape index (κ2) is 6.78. The molecule has 1 saturated heterocycles. The Morgan fingerprint density at radius 1 is 1.29 bits per heavy atom. The molecular formula is C20H22N6O2. The summed E-state index contributed by atoms with van der Waals surface area (Å²) in [5.74, 6) is 1.36. The van der Waals surface area contributed by atoms with E-state index in [-0.39, 0.29) is 11.9 Å². The van der Waals surface area contributed by atoms with Gasteiger partial charge in [0.2, 0.25) is 5.88 Å². The number of anilines is 1. The van der Waals surface area contributed by atoms with Gasteiger partial charge in [0.05, 0.1) is 18.8 Å². The summed E-state index contributed by atoms with van der Waals surface area (Å²) in [6.45, 7) is 3.98. The van der Waals surface area contributed by atoms with Crippen molar-refractivity contribution in [2.45, 2.75) is 32.2 Å². The maximum absolute atomic E-state index is 12.6. The molecule has 1 unspecified atom stereocenters. The van der Waals surface area contributed by atoms with Crippen LogP contribution in [-0.4, -0.2) is 45.2 Å². The smallest absolute Gasteiger partial charge is 0.256 e. The highest BCUT2D eigenvalue weighted by Gasteiger charge is 2.31. The van der Waals surface area contributed by atoms with E-state index in [4.69, 9.17) is 9.72 Å². The van der Waals surface area contributed by atoms with E-state index in [2.05, 4.69) is 33.3 Å². The average Bonchev–Trinajstić information content (AvgIpc) is 3.34. The van der Waals surface area contributed by atoms with E-state index in [9.17, 15) is 4.79 Å². The molecule has 1 fully saturated rings. The quantitative estimate of drug-likeness (QED) is 0.646. The number of aromatic nitrogens is 4. The van der Waals surface area contributed by atoms with Gasteiger partial charge in [0.1, 0.15) is 11.4 Å². The number of pyridine rings is 1. The molecule has 0 aliphatic carbocycles. The lowest BCUT2D eigenvalue weighted by Crippen LogP contribution is -2.27. The molecule has 28 heavy (non-hydrogen) atoms. The fourth-order valence-corrected chi connectivity index (χ4v) is 4.02. The van der Waals surface area contributed by atoms with Crippen molar-refractivity contribution < 1.29 is 9.53 Å². The number of carbonyl (C=O) groups is 1. The largest absolute Gasteiger partial charge is 0.477 e. The van der Waals surface area contributed by atoms with Gasteiger partial charge in [-0.15, -0.1) is 0 Å². The topological polar surface area (TPSA) is 84.7 Å². The highest BCUT2D eigenvalue weighted by molar-refractivity contribution is 5.99. The zero-order chi connectivity index (χ0) is 19.1. The molecule has 5 rings (SSSR count). The van der Waals surface area contributed by atoms with Gasteiger partial charge >= 0.3 is 0 Å². The van der Waals surface area contributed by atoms with Gasteiger partial charge in [-0.3, -0.25) is 4.79 Å². The minimum Gasteiger partial charge on any atom is -0.477 e. The number of fused-ring (bicyclic) bond motifs is 5. The van der Waals surface area contributed by atoms with Gasteiger partial charge in [-0.25, -0.2) is 14.5 Å². The number of rotatable bonds is 0. The third kappa shape index (κ3) is 2.85. The average molecular weight is 378 g/mol. The van der Waals surface area contributed by atoms with Gasteiger partial charge in [0.25, 0.3) is 5.91 Å². The zero-order valence-corrected chi connectivity index (χ0v) is 15.8. The standard InChI is InChI=1S/C20H22N6O2/c1-13-10-14-16-4-2-7-25(16)17-5-8-26-18(24-17)15(12-23-26)19(27)21-6-3-9-28-20(14)22-11-13/h5,8,10-12,16H,2-4,6-7,9H2,1H3,(H,21,27). The highest BCUT2D eigenvalue weighted by Crippen LogP contribution is 2.39. The summed E-state index contributed by atoms with van der Waals surface area (Å²) in [6, 6.07) is 4.28. The van der Waals surface area contributed by atoms with Crippen LogP contribution in [-0.2, 0) is 0 Å². The molecule has 144 valence electrons. The lowest BCUT2D eigenvalue weighted by atomic mass is 10.0. The van der Waals surface area contributed by atoms with Crippen molar-refractivity contribution in [3.05, 3.63) is 47.4 Å². The van der Waals surface area contributed by atoms with Crippen molar-refractivity contribution in [3.8, 4) is 5.88 Å². The Morgan fingerprint density at radius 2 is 2.21 bits per heavy atom. The Hall–Kier alpha value is -3.16. The summed E-state index contributed by atoms with van der Waals surface area (Å²) in [7, 11) is 0. The van der Waals surface area contributed by atoms with E-state index in [1.54, 1.807) is 10.7 Å². The van der Waals surface area contributed by atoms with Crippen molar-refractivity contribution >= 4 is 17.4 Å². The summed E-state index contributed by atoms with van der Waals surface area (Å²) >= 11 is 0. The summed E-state index contributed by atoms with van der Waals surface area (Å²) in [6.07, 6.45) is 8.06. The predicted molar refractivity (Wildman–Crippen MR) is 104 cm³/mol. The number of hydrogen-bond acceptors (Lipinski definition) is 6. The van der Waals surface area contributed by atoms with Crippen molar-refractivity contribution in [1.29, 1.82) is 0 Å². The van der Waals surface area contributed by atoms with Crippen molar-refractivity contribution in [3.63, 3.8) is 0 Å². The molecule has 8 nitrogen and oxygen atoms in total. The zero-order valence-electron chi connectivity index (χ0n) is 15.8. The van der Waals surface area contributed by atoms with Gasteiger partial charge in [-0.1, -0.05) is 0 Å². The van der Waals surface area contributed by atoms with Crippen LogP contribution < -0.4 is 15.0 Å². The van der Waals surface area contributed by atoms with E-state index >= 15 is 0 Å². The van der Waals surface area contributed by atoms with Crippen LogP contribution in [0.4, 0.5) is 5.82 Å². The van der Waals surface area contributed by atoms with E-state index in [0.29, 0.717) is 36.7 Å². The summed E-state index contributed by atoms with van der Waals surface area (Å²) in [4.78, 5) is 24.2. The number of amides is 1. The van der Waals surface area contributed by atoms with E-state index in [1.807, 2.05) is 18.5 Å². The fraction of sp³-hybridized carbons (Fsp3) is 0.400. The number of nitrogens with zero attached hydrogens (tertiary/aromatic N) is 5. The first-order valence-electron chi connectivity index (χ1n) is 9.69. The second-order valence-electron chi connectivity index (χ2n) is 7.33. The molecule has 1 amide bonds. The normalized spacial score (nSPS) is 19.7. The van der Waals surface area contributed by atoms with Gasteiger partial charge in [-0.2, -0.15) is 5.10 Å². The molecule has 0 saturated carbocycles. The first-order valence-corrected chi connectivity index (χ1v) is 9.69. The summed E-state index contributed by atoms with van der Waals surface area (Å²) in [5.41, 5.74) is 3.29. The Morgan fingerprint density at radius 3 is 3.14 bits per heavy atom. The number of hydrogen-bond donors (Lipinski definition) is 1. The number of aryl methyl sites for hydroxylation is 1. The Balaban J connectivity index is 1.65. The molecule has 8 heteroatoms. The maximum Gasteiger partial charge on any atom is 0.256 e. The molecule has 3 aromatic heterocycles. The van der Waals surface area contributed by atoms with Gasteiger partial charge in [0.15, 0.2) is 5.65 Å². The van der Waals surface area contributed by atoms with E-state index in [1.165, 1.54) is 0 Å². The monoisotopic (exact) mass is 378 g/mol. The third-order valence-electron chi connectivity index (χ3n) is 5.37. The molecule has 0 aromatic carbocycles. The molecule has 2 aliphatic heterocycles. The fourth-order valence-electron chi connectivity index (χ4n) is 4.02. The molecule has 0 radical (unpaired) electrons. The van der Waals surface area contributed by atoms with Crippen LogP contribution in [0.15, 0.2) is 30.7 Å². The van der Waals surface area contributed by atoms with Crippen molar-refractivity contribution in [1.82, 2.24) is 24.9 Å². The summed E-state index contributed by atoms with van der Waals surface area (Å²) in [5, 5.41) is 7.20. The lowest BCUT2D eigenvalue weighted by molar-refractivity contribution is 0.0953. The molecular weight excluding hydrogens is 356 g/mol. The van der Waals surface area contributed by atoms with Gasteiger partial charge in [-0.05, 0) is 43.9 Å². The molecule has 1 N–H and O–H groups in total. The first-order chi connectivity index (χ1) is 13.7. The van der Waals surface area contributed by atoms with Gasteiger partial charge in [0, 0.05) is 31.0 Å². The van der Waals surface area contributed by atoms with Crippen LogP contribution in [0.25, 0.3) is 5.65 Å². The van der Waals surface area contributed by atoms with Crippen molar-refractivity contribution in [2.24, 2.45) is 0 Å². The second-order valence-corrected chi connectivity index (χ2v) is 7.33. The minimum atomic E-state index is -0.163. The lowest BCUT2D eigenvalue weighted by Gasteiger charge is -2.27. The van der Waals surface area contributed by atoms with Crippen molar-refractivity contribution in [2.75, 3.05) is 24.6 Å². The minimum absolute atomic E-state index is 0.153. The molecule has 5 heterocycles. The first kappa shape index (κ1) is 17.0. The van der Waals surface area contributed by atoms with E-state index < -0.39 is 0 Å². The molecule has 2 bridgehead atoms. The molecule has 1 atom stereocenters. The Bertz CT molecular complexity index is 1050. The third-order valence-corrected chi connectivity index (χ3v) is 5.37. The van der Waals surface area contributed by atoms with Crippen LogP contribution >= 0.6 is 0 Å². The van der Waals surface area contributed by atoms with E-state index in [0.717, 1.165) is 36.3 Å². The van der Waals surface area contributed by atoms with Crippen LogP contribution in [0, 0.1) is 6.92 Å². The number of ether oxygens (including phenoxy) is 1. The highest BCUT2D eigenvalue weighted by atomic mass is 16.5. The van der Waals surface area contributed by atoms with Crippen LogP contribution in [0.2, 0.25) is 0 Å². The van der Waals surface area contributed by atoms with Gasteiger partial charge < -0.3 is 15.0 Å². The Kier molecular flexibility index (Phi) is 4.11. The maximum atomic E-state index is 12.6.